The smallest absolute Gasteiger partial charge is 0.178 e. The van der Waals surface area contributed by atoms with Crippen LogP contribution in [-0.4, -0.2) is 28.4 Å². The maximum absolute atomic E-state index is 14.6. The molecule has 0 atom stereocenters. The lowest BCUT2D eigenvalue weighted by Gasteiger charge is -2.38. The number of hydrogen-bond donors (Lipinski definition) is 0. The lowest BCUT2D eigenvalue weighted by molar-refractivity contribution is 0.161. The Hall–Kier alpha value is -4.97. The van der Waals surface area contributed by atoms with Crippen molar-refractivity contribution in [2.45, 2.75) is 24.9 Å². The summed E-state index contributed by atoms with van der Waals surface area (Å²) in [5.74, 6) is 3.03. The van der Waals surface area contributed by atoms with Crippen LogP contribution in [0.25, 0.3) is 28.0 Å². The number of fused-ring (bicyclic) bond motifs is 8. The predicted octanol–water partition coefficient (Wildman–Crippen LogP) is 8.67. The molecule has 0 saturated carbocycles. The first-order valence-electron chi connectivity index (χ1n) is 14.5. The van der Waals surface area contributed by atoms with Gasteiger partial charge in [0, 0.05) is 39.6 Å². The summed E-state index contributed by atoms with van der Waals surface area (Å²) in [7, 11) is 6.52. The molecule has 5 aromatic carbocycles. The Morgan fingerprint density at radius 3 is 1.75 bits per heavy atom. The third kappa shape index (κ3) is 3.97. The Morgan fingerprint density at radius 2 is 1.20 bits per heavy atom. The third-order valence-corrected chi connectivity index (χ3v) is 9.06. The highest BCUT2D eigenvalue weighted by atomic mass is 19.1. The van der Waals surface area contributed by atoms with Crippen molar-refractivity contribution in [1.29, 1.82) is 0 Å². The van der Waals surface area contributed by atoms with Gasteiger partial charge in [-0.1, -0.05) is 50.3 Å². The van der Waals surface area contributed by atoms with Crippen LogP contribution >= 0.6 is 0 Å². The molecular formula is C38H33FO5. The lowest BCUT2D eigenvalue weighted by atomic mass is 9.76. The first kappa shape index (κ1) is 27.8. The fourth-order valence-electron chi connectivity index (χ4n) is 6.93. The summed E-state index contributed by atoms with van der Waals surface area (Å²) >= 11 is 0. The highest BCUT2D eigenvalue weighted by Crippen LogP contribution is 2.58. The maximum Gasteiger partial charge on any atom is 0.178 e. The molecule has 0 spiro atoms. The molecule has 2 aliphatic rings. The van der Waals surface area contributed by atoms with Gasteiger partial charge in [0.1, 0.15) is 34.6 Å². The number of methoxy groups -OCH3 is 4. The maximum atomic E-state index is 14.6. The van der Waals surface area contributed by atoms with Crippen LogP contribution in [0, 0.1) is 5.82 Å². The van der Waals surface area contributed by atoms with Crippen molar-refractivity contribution in [3.8, 4) is 39.9 Å². The van der Waals surface area contributed by atoms with E-state index in [1.807, 2.05) is 54.6 Å². The van der Waals surface area contributed by atoms with Gasteiger partial charge in [0.25, 0.3) is 0 Å². The van der Waals surface area contributed by atoms with Crippen LogP contribution in [0.1, 0.15) is 41.7 Å². The molecule has 0 N–H and O–H groups in total. The standard InChI is InChI=1S/C38H33FO5/c1-37(2)33-19-24(39)11-12-31(33)34-29-9-7-8-10-30(29)36-32(35(34)37)13-14-38(44-36,22-15-25(40-3)20-26(16-22)41-4)23-17-27(42-5)21-28(18-23)43-6/h7-21H,1-6H3. The fraction of sp³-hybridized carbons (Fsp3) is 0.211. The molecule has 0 amide bonds. The number of halogens is 1. The van der Waals surface area contributed by atoms with Gasteiger partial charge in [-0.2, -0.15) is 0 Å². The van der Waals surface area contributed by atoms with Gasteiger partial charge in [-0.3, -0.25) is 0 Å². The average molecular weight is 589 g/mol. The van der Waals surface area contributed by atoms with E-state index in [0.29, 0.717) is 23.0 Å². The molecule has 6 heteroatoms. The average Bonchev–Trinajstić information content (AvgIpc) is 3.29. The van der Waals surface area contributed by atoms with Crippen LogP contribution in [0.2, 0.25) is 0 Å². The summed E-state index contributed by atoms with van der Waals surface area (Å²) in [6.07, 6.45) is 4.22. The second-order valence-electron chi connectivity index (χ2n) is 11.7. The van der Waals surface area contributed by atoms with E-state index in [1.165, 1.54) is 0 Å². The summed E-state index contributed by atoms with van der Waals surface area (Å²) in [6, 6.07) is 24.9. The number of benzene rings is 5. The third-order valence-electron chi connectivity index (χ3n) is 9.06. The first-order chi connectivity index (χ1) is 21.2. The van der Waals surface area contributed by atoms with Crippen molar-refractivity contribution in [3.63, 3.8) is 0 Å². The van der Waals surface area contributed by atoms with Gasteiger partial charge in [0.2, 0.25) is 0 Å². The van der Waals surface area contributed by atoms with Crippen LogP contribution in [0.3, 0.4) is 0 Å². The molecule has 0 saturated heterocycles. The zero-order valence-corrected chi connectivity index (χ0v) is 25.6. The van der Waals surface area contributed by atoms with E-state index in [0.717, 1.165) is 55.5 Å². The first-order valence-corrected chi connectivity index (χ1v) is 14.5. The predicted molar refractivity (Wildman–Crippen MR) is 171 cm³/mol. The molecule has 0 fully saturated rings. The van der Waals surface area contributed by atoms with Crippen LogP contribution < -0.4 is 23.7 Å². The van der Waals surface area contributed by atoms with E-state index in [1.54, 1.807) is 40.6 Å². The quantitative estimate of drug-likeness (QED) is 0.199. The van der Waals surface area contributed by atoms with Crippen molar-refractivity contribution in [2.24, 2.45) is 0 Å². The van der Waals surface area contributed by atoms with Gasteiger partial charge in [0.05, 0.1) is 28.4 Å². The molecule has 1 heterocycles. The molecule has 1 aliphatic carbocycles. The highest BCUT2D eigenvalue weighted by Gasteiger charge is 2.45. The van der Waals surface area contributed by atoms with E-state index in [4.69, 9.17) is 23.7 Å². The van der Waals surface area contributed by atoms with E-state index in [9.17, 15) is 4.39 Å². The molecule has 5 nitrogen and oxygen atoms in total. The summed E-state index contributed by atoms with van der Waals surface area (Å²) in [5.41, 5.74) is 5.25. The summed E-state index contributed by atoms with van der Waals surface area (Å²) in [6.45, 7) is 4.31. The van der Waals surface area contributed by atoms with Crippen molar-refractivity contribution in [2.75, 3.05) is 28.4 Å². The topological polar surface area (TPSA) is 46.2 Å². The van der Waals surface area contributed by atoms with Crippen LogP contribution in [0.5, 0.6) is 28.7 Å². The fourth-order valence-corrected chi connectivity index (χ4v) is 6.93. The van der Waals surface area contributed by atoms with E-state index in [-0.39, 0.29) is 5.82 Å². The number of ether oxygens (including phenoxy) is 5. The van der Waals surface area contributed by atoms with Gasteiger partial charge in [-0.05, 0) is 70.1 Å². The number of rotatable bonds is 6. The summed E-state index contributed by atoms with van der Waals surface area (Å²) in [4.78, 5) is 0. The second kappa shape index (κ2) is 10.1. The Labute approximate surface area is 256 Å². The van der Waals surface area contributed by atoms with Crippen molar-refractivity contribution >= 4 is 16.8 Å². The Morgan fingerprint density at radius 1 is 0.659 bits per heavy atom. The van der Waals surface area contributed by atoms with E-state index in [2.05, 4.69) is 38.1 Å². The SMILES string of the molecule is COc1cc(OC)cc(C2(c3cc(OC)cc(OC)c3)C=Cc3c4c(c5ccccc5c3O2)-c2ccc(F)cc2C4(C)C)c1. The van der Waals surface area contributed by atoms with Crippen LogP contribution in [0.4, 0.5) is 4.39 Å². The summed E-state index contributed by atoms with van der Waals surface area (Å²) < 4.78 is 44.8. The van der Waals surface area contributed by atoms with Gasteiger partial charge in [-0.25, -0.2) is 4.39 Å². The van der Waals surface area contributed by atoms with Crippen LogP contribution in [-0.2, 0) is 11.0 Å². The Bertz CT molecular complexity index is 1890. The minimum Gasteiger partial charge on any atom is -0.497 e. The van der Waals surface area contributed by atoms with E-state index < -0.39 is 11.0 Å². The summed E-state index contributed by atoms with van der Waals surface area (Å²) in [5, 5.41) is 2.02. The van der Waals surface area contributed by atoms with Gasteiger partial charge in [0.15, 0.2) is 5.60 Å². The van der Waals surface area contributed by atoms with Crippen LogP contribution in [0.15, 0.2) is 84.9 Å². The van der Waals surface area contributed by atoms with Gasteiger partial charge in [-0.15, -0.1) is 0 Å². The highest BCUT2D eigenvalue weighted by molar-refractivity contribution is 6.08. The van der Waals surface area contributed by atoms with Gasteiger partial charge < -0.3 is 23.7 Å². The molecule has 0 aromatic heterocycles. The van der Waals surface area contributed by atoms with Gasteiger partial charge >= 0.3 is 0 Å². The Balaban J connectivity index is 1.57. The van der Waals surface area contributed by atoms with E-state index >= 15 is 0 Å². The molecule has 0 unspecified atom stereocenters. The Kier molecular flexibility index (Phi) is 6.36. The lowest BCUT2D eigenvalue weighted by Crippen LogP contribution is -2.35. The second-order valence-corrected chi connectivity index (χ2v) is 11.7. The largest absolute Gasteiger partial charge is 0.497 e. The molecule has 0 bridgehead atoms. The van der Waals surface area contributed by atoms with Crippen molar-refractivity contribution in [3.05, 3.63) is 119 Å². The minimum absolute atomic E-state index is 0.243. The molecule has 222 valence electrons. The number of hydrogen-bond acceptors (Lipinski definition) is 5. The zero-order chi connectivity index (χ0) is 30.8. The molecular weight excluding hydrogens is 555 g/mol. The normalized spacial score (nSPS) is 15.2. The molecule has 7 rings (SSSR count). The molecule has 44 heavy (non-hydrogen) atoms. The zero-order valence-electron chi connectivity index (χ0n) is 25.6. The molecule has 0 radical (unpaired) electrons. The monoisotopic (exact) mass is 588 g/mol. The molecule has 1 aliphatic heterocycles. The minimum atomic E-state index is -1.12. The van der Waals surface area contributed by atoms with Crippen molar-refractivity contribution < 1.29 is 28.1 Å². The molecule has 5 aromatic rings. The van der Waals surface area contributed by atoms with Crippen molar-refractivity contribution in [1.82, 2.24) is 0 Å².